The van der Waals surface area contributed by atoms with Crippen LogP contribution in [0.2, 0.25) is 0 Å². The largest absolute Gasteiger partial charge is 0.406 e. The van der Waals surface area contributed by atoms with E-state index in [9.17, 15) is 17.6 Å². The van der Waals surface area contributed by atoms with E-state index in [4.69, 9.17) is 4.74 Å². The molecule has 6 nitrogen and oxygen atoms in total. The lowest BCUT2D eigenvalue weighted by Gasteiger charge is -2.23. The lowest BCUT2D eigenvalue weighted by molar-refractivity contribution is -0.140. The Hall–Kier alpha value is -3.01. The van der Waals surface area contributed by atoms with Gasteiger partial charge in [-0.05, 0) is 43.2 Å². The molecule has 10 heteroatoms. The maximum Gasteiger partial charge on any atom is 0.406 e. The van der Waals surface area contributed by atoms with Crippen LogP contribution >= 0.6 is 0 Å². The first-order chi connectivity index (χ1) is 14.4. The van der Waals surface area contributed by atoms with E-state index in [0.717, 1.165) is 23.7 Å². The summed E-state index contributed by atoms with van der Waals surface area (Å²) in [6.45, 7) is 0.0398. The van der Waals surface area contributed by atoms with E-state index in [0.29, 0.717) is 30.4 Å². The van der Waals surface area contributed by atoms with Crippen molar-refractivity contribution in [2.45, 2.75) is 31.6 Å². The lowest BCUT2D eigenvalue weighted by Crippen LogP contribution is -2.28. The van der Waals surface area contributed by atoms with Crippen LogP contribution in [0.3, 0.4) is 0 Å². The number of benzene rings is 1. The zero-order valence-electron chi connectivity index (χ0n) is 15.9. The van der Waals surface area contributed by atoms with E-state index >= 15 is 0 Å². The molecule has 0 atom stereocenters. The van der Waals surface area contributed by atoms with Gasteiger partial charge in [-0.25, -0.2) is 19.3 Å². The van der Waals surface area contributed by atoms with Gasteiger partial charge in [0.25, 0.3) is 0 Å². The fourth-order valence-corrected chi connectivity index (χ4v) is 3.37. The first-order valence-corrected chi connectivity index (χ1v) is 9.44. The minimum Gasteiger partial charge on any atom is -0.381 e. The highest BCUT2D eigenvalue weighted by molar-refractivity contribution is 5.77. The van der Waals surface area contributed by atoms with Crippen molar-refractivity contribution >= 4 is 5.95 Å². The molecule has 1 aromatic carbocycles. The van der Waals surface area contributed by atoms with E-state index in [1.807, 2.05) is 0 Å². The quantitative estimate of drug-likeness (QED) is 0.623. The van der Waals surface area contributed by atoms with Crippen LogP contribution in [0.4, 0.5) is 23.5 Å². The Morgan fingerprint density at radius 3 is 2.50 bits per heavy atom. The summed E-state index contributed by atoms with van der Waals surface area (Å²) in [5, 5.41) is 3.21. The first-order valence-electron chi connectivity index (χ1n) is 9.44. The molecule has 0 unspecified atom stereocenters. The van der Waals surface area contributed by atoms with Crippen molar-refractivity contribution in [1.29, 1.82) is 0 Å². The third kappa shape index (κ3) is 4.76. The van der Waals surface area contributed by atoms with Crippen molar-refractivity contribution in [1.82, 2.24) is 19.5 Å². The molecule has 4 rings (SSSR count). The molecule has 0 bridgehead atoms. The average molecular weight is 421 g/mol. The summed E-state index contributed by atoms with van der Waals surface area (Å²) in [5.41, 5.74) is 1.26. The third-order valence-corrected chi connectivity index (χ3v) is 4.76. The van der Waals surface area contributed by atoms with Crippen LogP contribution in [-0.2, 0) is 11.3 Å². The summed E-state index contributed by atoms with van der Waals surface area (Å²) in [7, 11) is 0. The van der Waals surface area contributed by atoms with Crippen molar-refractivity contribution in [3.63, 3.8) is 0 Å². The number of hydrogen-bond acceptors (Lipinski definition) is 5. The second-order valence-electron chi connectivity index (χ2n) is 6.99. The Morgan fingerprint density at radius 2 is 1.80 bits per heavy atom. The molecule has 0 saturated carbocycles. The molecule has 0 radical (unpaired) electrons. The average Bonchev–Trinajstić information content (AvgIpc) is 3.11. The molecule has 30 heavy (non-hydrogen) atoms. The number of rotatable bonds is 5. The van der Waals surface area contributed by atoms with Gasteiger partial charge in [0, 0.05) is 31.0 Å². The molecule has 0 amide bonds. The van der Waals surface area contributed by atoms with E-state index < -0.39 is 18.5 Å². The summed E-state index contributed by atoms with van der Waals surface area (Å²) in [6.07, 6.45) is -0.245. The Bertz CT molecular complexity index is 997. The number of alkyl halides is 3. The van der Waals surface area contributed by atoms with Gasteiger partial charge in [0.1, 0.15) is 12.4 Å². The molecule has 0 aliphatic carbocycles. The highest BCUT2D eigenvalue weighted by Crippen LogP contribution is 2.32. The van der Waals surface area contributed by atoms with Crippen LogP contribution in [0.1, 0.15) is 12.8 Å². The third-order valence-electron chi connectivity index (χ3n) is 4.76. The molecule has 1 fully saturated rings. The van der Waals surface area contributed by atoms with Gasteiger partial charge in [-0.1, -0.05) is 0 Å². The highest BCUT2D eigenvalue weighted by atomic mass is 19.4. The van der Waals surface area contributed by atoms with Gasteiger partial charge in [-0.15, -0.1) is 0 Å². The summed E-state index contributed by atoms with van der Waals surface area (Å²) < 4.78 is 59.1. The minimum atomic E-state index is -4.44. The fourth-order valence-electron chi connectivity index (χ4n) is 3.37. The maximum absolute atomic E-state index is 13.3. The van der Waals surface area contributed by atoms with E-state index in [2.05, 4.69) is 20.3 Å². The molecule has 1 saturated heterocycles. The van der Waals surface area contributed by atoms with Gasteiger partial charge in [-0.3, -0.25) is 0 Å². The molecule has 1 aliphatic rings. The van der Waals surface area contributed by atoms with Gasteiger partial charge in [-0.2, -0.15) is 13.2 Å². The minimum absolute atomic E-state index is 0.130. The molecular formula is C20H19F4N5O. The van der Waals surface area contributed by atoms with Crippen LogP contribution in [0, 0.1) is 5.82 Å². The Labute approximate surface area is 169 Å². The number of aromatic nitrogens is 4. The van der Waals surface area contributed by atoms with Gasteiger partial charge in [0.15, 0.2) is 0 Å². The molecule has 2 aromatic heterocycles. The van der Waals surface area contributed by atoms with Crippen molar-refractivity contribution in [2.75, 3.05) is 18.5 Å². The van der Waals surface area contributed by atoms with E-state index in [1.54, 1.807) is 0 Å². The number of anilines is 1. The van der Waals surface area contributed by atoms with E-state index in [-0.39, 0.29) is 17.4 Å². The lowest BCUT2D eigenvalue weighted by atomic mass is 10.1. The highest BCUT2D eigenvalue weighted by Gasteiger charge is 2.30. The van der Waals surface area contributed by atoms with Crippen LogP contribution in [0.15, 0.2) is 42.9 Å². The molecule has 1 N–H and O–H groups in total. The predicted octanol–water partition coefficient (Wildman–Crippen LogP) is 4.30. The first kappa shape index (κ1) is 20.3. The van der Waals surface area contributed by atoms with Crippen LogP contribution in [-0.4, -0.2) is 45.0 Å². The number of halogens is 4. The number of imidazole rings is 1. The number of hydrogen-bond donors (Lipinski definition) is 1. The number of nitrogens with zero attached hydrogens (tertiary/aromatic N) is 4. The normalized spacial score (nSPS) is 15.3. The Balaban J connectivity index is 1.73. The molecular weight excluding hydrogens is 402 g/mol. The summed E-state index contributed by atoms with van der Waals surface area (Å²) >= 11 is 0. The standard InChI is InChI=1S/C20H19F4N5O/c21-14-3-1-13(2-4-14)17-18(29(12-26-17)11-20(22,23)24)16-5-8-25-19(28-16)27-15-6-9-30-10-7-15/h1-5,8,12,15H,6-7,9-11H2,(H,25,27,28). The molecule has 1 aliphatic heterocycles. The number of ether oxygens (including phenoxy) is 1. The summed E-state index contributed by atoms with van der Waals surface area (Å²) in [4.78, 5) is 12.8. The van der Waals surface area contributed by atoms with E-state index in [1.165, 1.54) is 36.5 Å². The van der Waals surface area contributed by atoms with Crippen LogP contribution < -0.4 is 5.32 Å². The molecule has 3 aromatic rings. The topological polar surface area (TPSA) is 64.9 Å². The Morgan fingerprint density at radius 1 is 1.07 bits per heavy atom. The molecule has 0 spiro atoms. The molecule has 3 heterocycles. The van der Waals surface area contributed by atoms with Crippen molar-refractivity contribution in [2.24, 2.45) is 0 Å². The number of nitrogens with one attached hydrogen (secondary N) is 1. The second kappa shape index (κ2) is 8.39. The SMILES string of the molecule is Fc1ccc(-c2ncn(CC(F)(F)F)c2-c2ccnc(NC3CCOCC3)n2)cc1. The van der Waals surface area contributed by atoms with Crippen molar-refractivity contribution in [3.8, 4) is 22.6 Å². The fraction of sp³-hybridized carbons (Fsp3) is 0.350. The van der Waals surface area contributed by atoms with Crippen LogP contribution in [0.5, 0.6) is 0 Å². The van der Waals surface area contributed by atoms with Gasteiger partial charge < -0.3 is 14.6 Å². The van der Waals surface area contributed by atoms with Gasteiger partial charge in [0.2, 0.25) is 5.95 Å². The molecule has 158 valence electrons. The Kier molecular flexibility index (Phi) is 5.67. The predicted molar refractivity (Wildman–Crippen MR) is 102 cm³/mol. The monoisotopic (exact) mass is 421 g/mol. The second-order valence-corrected chi connectivity index (χ2v) is 6.99. The summed E-state index contributed by atoms with van der Waals surface area (Å²) in [6, 6.07) is 7.08. The summed E-state index contributed by atoms with van der Waals surface area (Å²) in [5.74, 6) is -0.121. The maximum atomic E-state index is 13.3. The van der Waals surface area contributed by atoms with Crippen LogP contribution in [0.25, 0.3) is 22.6 Å². The zero-order chi connectivity index (χ0) is 21.1. The van der Waals surface area contributed by atoms with Gasteiger partial charge in [0.05, 0.1) is 23.4 Å². The smallest absolute Gasteiger partial charge is 0.381 e. The van der Waals surface area contributed by atoms with Gasteiger partial charge >= 0.3 is 6.18 Å². The van der Waals surface area contributed by atoms with Crippen molar-refractivity contribution < 1.29 is 22.3 Å². The zero-order valence-corrected chi connectivity index (χ0v) is 15.9. The van der Waals surface area contributed by atoms with Crippen molar-refractivity contribution in [3.05, 3.63) is 48.7 Å².